The first-order chi connectivity index (χ1) is 27.7. The van der Waals surface area contributed by atoms with Gasteiger partial charge < -0.3 is 47.7 Å². The lowest BCUT2D eigenvalue weighted by Crippen LogP contribution is -2.69. The first kappa shape index (κ1) is 54.9. The molecule has 0 fully saturated rings. The number of aliphatic hydroxyl groups is 1. The molecule has 0 amide bonds. The van der Waals surface area contributed by atoms with E-state index in [0.717, 1.165) is 18.6 Å². The molecule has 0 spiro atoms. The van der Waals surface area contributed by atoms with Crippen LogP contribution in [-0.4, -0.2) is 154 Å². The molecule has 0 heterocycles. The fourth-order valence-corrected chi connectivity index (χ4v) is 4.74. The van der Waals surface area contributed by atoms with Crippen molar-refractivity contribution in [1.82, 2.24) is 0 Å². The van der Waals surface area contributed by atoms with Crippen LogP contribution in [0.3, 0.4) is 0 Å². The lowest BCUT2D eigenvalue weighted by molar-refractivity contribution is -0.441. The Morgan fingerprint density at radius 3 is 1.12 bits per heavy atom. The predicted octanol–water partition coefficient (Wildman–Crippen LogP) is 7.65. The number of unbranched alkanes of at least 4 members (excludes halogenated alkanes) is 2. The maximum Gasteiger partial charge on any atom is 0.460 e. The largest absolute Gasteiger partial charge is 0.460 e. The molecule has 0 aromatic heterocycles. The van der Waals surface area contributed by atoms with Crippen molar-refractivity contribution in [2.24, 2.45) is 0 Å². The van der Waals surface area contributed by atoms with E-state index in [-0.39, 0.29) is 77.0 Å². The second kappa shape index (κ2) is 27.8. The average molecular weight is 893 g/mol. The van der Waals surface area contributed by atoms with Gasteiger partial charge in [-0.15, -0.1) is 0 Å². The van der Waals surface area contributed by atoms with Crippen molar-refractivity contribution in [1.29, 1.82) is 0 Å². The van der Waals surface area contributed by atoms with Crippen molar-refractivity contribution >= 4 is 0 Å². The third-order valence-corrected chi connectivity index (χ3v) is 8.03. The summed E-state index contributed by atoms with van der Waals surface area (Å²) in [6.45, 7) is 6.80. The van der Waals surface area contributed by atoms with Crippen molar-refractivity contribution in [3.8, 4) is 0 Å². The van der Waals surface area contributed by atoms with E-state index in [1.165, 1.54) is 0 Å². The van der Waals surface area contributed by atoms with Gasteiger partial charge in [-0.1, -0.05) is 50.5 Å². The maximum atomic E-state index is 14.6. The molecular formula is C36H53F13O10. The number of halogens is 13. The summed E-state index contributed by atoms with van der Waals surface area (Å²) < 4.78 is 225. The summed E-state index contributed by atoms with van der Waals surface area (Å²) in [7, 11) is 0. The Kier molecular flexibility index (Phi) is 25.9. The number of ether oxygens (including phenoxy) is 9. The molecule has 0 saturated carbocycles. The Hall–Kier alpha value is -2.09. The normalized spacial score (nSPS) is 14.0. The van der Waals surface area contributed by atoms with Gasteiger partial charge in [-0.3, -0.25) is 0 Å². The summed E-state index contributed by atoms with van der Waals surface area (Å²) in [5, 5.41) is 8.58. The van der Waals surface area contributed by atoms with Crippen molar-refractivity contribution in [2.45, 2.75) is 74.5 Å². The van der Waals surface area contributed by atoms with E-state index in [9.17, 15) is 57.1 Å². The Labute approximate surface area is 333 Å². The van der Waals surface area contributed by atoms with Gasteiger partial charge >= 0.3 is 35.8 Å². The van der Waals surface area contributed by atoms with E-state index in [1.807, 2.05) is 6.92 Å². The number of hydrogen-bond donors (Lipinski definition) is 1. The first-order valence-corrected chi connectivity index (χ1v) is 18.6. The molecule has 0 saturated heterocycles. The zero-order chi connectivity index (χ0) is 44.5. The number of rotatable bonds is 37. The Morgan fingerprint density at radius 2 is 0.780 bits per heavy atom. The first-order valence-electron chi connectivity index (χ1n) is 18.6. The van der Waals surface area contributed by atoms with E-state index >= 15 is 0 Å². The SMILES string of the molecule is CCCCCC(OCCOCCOCCOCCOCCOCCOCCOCCOCCO)c1ccc(C(F)(F)C(F)(F)C(F)(F)C(F)(F)C(F)(F)C(F)(F)F)cc1. The van der Waals surface area contributed by atoms with Crippen molar-refractivity contribution in [3.63, 3.8) is 0 Å². The molecule has 1 aromatic rings. The molecule has 0 radical (unpaired) electrons. The van der Waals surface area contributed by atoms with Gasteiger partial charge in [0.05, 0.1) is 125 Å². The lowest BCUT2D eigenvalue weighted by atomic mass is 9.90. The minimum Gasteiger partial charge on any atom is -0.394 e. The standard InChI is InChI=1S/C36H53F13O10/c1-2-3-4-5-30(28-6-8-29(9-7-28)31(37,38)32(39,40)33(41,42)34(43,44)35(45,46)36(47,48)49)59-27-26-58-25-24-57-23-22-56-21-20-55-19-18-54-17-16-53-15-14-52-13-12-51-11-10-50/h6-9,30,50H,2-5,10-27H2,1H3. The second-order valence-electron chi connectivity index (χ2n) is 12.5. The topological polar surface area (TPSA) is 103 Å². The van der Waals surface area contributed by atoms with Crippen molar-refractivity contribution in [3.05, 3.63) is 35.4 Å². The zero-order valence-electron chi connectivity index (χ0n) is 32.5. The molecular weight excluding hydrogens is 839 g/mol. The molecule has 1 aromatic carbocycles. The molecule has 1 unspecified atom stereocenters. The number of aliphatic hydroxyl groups excluding tert-OH is 1. The van der Waals surface area contributed by atoms with Crippen LogP contribution in [-0.2, 0) is 48.6 Å². The Morgan fingerprint density at radius 1 is 0.441 bits per heavy atom. The van der Waals surface area contributed by atoms with E-state index < -0.39 is 47.5 Å². The quantitative estimate of drug-likeness (QED) is 0.0530. The summed E-state index contributed by atoms with van der Waals surface area (Å²) in [4.78, 5) is 0. The molecule has 0 bridgehead atoms. The summed E-state index contributed by atoms with van der Waals surface area (Å²) in [6.07, 6.45) is -6.12. The highest BCUT2D eigenvalue weighted by molar-refractivity contribution is 5.30. The highest BCUT2D eigenvalue weighted by Crippen LogP contribution is 2.62. The zero-order valence-corrected chi connectivity index (χ0v) is 32.5. The number of hydrogen-bond acceptors (Lipinski definition) is 10. The highest BCUT2D eigenvalue weighted by Gasteiger charge is 2.90. The smallest absolute Gasteiger partial charge is 0.394 e. The van der Waals surface area contributed by atoms with Gasteiger partial charge in [0.2, 0.25) is 0 Å². The van der Waals surface area contributed by atoms with Crippen LogP contribution in [0.25, 0.3) is 0 Å². The molecule has 1 N–H and O–H groups in total. The summed E-state index contributed by atoms with van der Waals surface area (Å²) in [5.74, 6) is -37.4. The van der Waals surface area contributed by atoms with Crippen LogP contribution in [0.2, 0.25) is 0 Å². The van der Waals surface area contributed by atoms with Gasteiger partial charge in [0, 0.05) is 5.56 Å². The van der Waals surface area contributed by atoms with E-state index in [0.29, 0.717) is 78.9 Å². The third-order valence-electron chi connectivity index (χ3n) is 8.03. The minimum atomic E-state index is -7.96. The number of alkyl halides is 13. The fourth-order valence-electron chi connectivity index (χ4n) is 4.74. The van der Waals surface area contributed by atoms with Gasteiger partial charge in [-0.25, -0.2) is 0 Å². The van der Waals surface area contributed by atoms with E-state index in [2.05, 4.69) is 0 Å². The molecule has 0 aliphatic carbocycles. The number of benzene rings is 1. The van der Waals surface area contributed by atoms with E-state index in [4.69, 9.17) is 47.7 Å². The molecule has 0 aliphatic heterocycles. The molecule has 1 atom stereocenters. The van der Waals surface area contributed by atoms with Crippen molar-refractivity contribution < 1.29 is 105 Å². The lowest BCUT2D eigenvalue weighted by Gasteiger charge is -2.39. The summed E-state index contributed by atoms with van der Waals surface area (Å²) in [5.41, 5.74) is -1.99. The summed E-state index contributed by atoms with van der Waals surface area (Å²) in [6, 6.07) is 1.73. The van der Waals surface area contributed by atoms with Crippen LogP contribution in [0.15, 0.2) is 24.3 Å². The van der Waals surface area contributed by atoms with Gasteiger partial charge in [-0.05, 0) is 12.0 Å². The molecule has 0 aliphatic rings. The van der Waals surface area contributed by atoms with Crippen LogP contribution < -0.4 is 0 Å². The molecule has 348 valence electrons. The van der Waals surface area contributed by atoms with Gasteiger partial charge in [0.1, 0.15) is 0 Å². The van der Waals surface area contributed by atoms with Crippen LogP contribution in [0.1, 0.15) is 49.8 Å². The molecule has 59 heavy (non-hydrogen) atoms. The van der Waals surface area contributed by atoms with Crippen LogP contribution in [0, 0.1) is 0 Å². The third kappa shape index (κ3) is 17.7. The molecule has 23 heteroatoms. The Balaban J connectivity index is 2.36. The van der Waals surface area contributed by atoms with Gasteiger partial charge in [-0.2, -0.15) is 57.1 Å². The van der Waals surface area contributed by atoms with Crippen LogP contribution >= 0.6 is 0 Å². The Bertz CT molecular complexity index is 1210. The average Bonchev–Trinajstić information content (AvgIpc) is 3.17. The minimum absolute atomic E-state index is 0.0187. The predicted molar refractivity (Wildman–Crippen MR) is 183 cm³/mol. The van der Waals surface area contributed by atoms with Crippen LogP contribution in [0.4, 0.5) is 57.1 Å². The molecule has 1 rings (SSSR count). The van der Waals surface area contributed by atoms with Gasteiger partial charge in [0.15, 0.2) is 0 Å². The molecule has 10 nitrogen and oxygen atoms in total. The maximum absolute atomic E-state index is 14.6. The van der Waals surface area contributed by atoms with E-state index in [1.54, 1.807) is 0 Å². The summed E-state index contributed by atoms with van der Waals surface area (Å²) >= 11 is 0. The highest BCUT2D eigenvalue weighted by atomic mass is 19.4. The monoisotopic (exact) mass is 892 g/mol. The fraction of sp³-hybridized carbons (Fsp3) is 0.833. The second-order valence-corrected chi connectivity index (χ2v) is 12.5. The van der Waals surface area contributed by atoms with Gasteiger partial charge in [0.25, 0.3) is 0 Å². The van der Waals surface area contributed by atoms with Crippen LogP contribution in [0.5, 0.6) is 0 Å². The van der Waals surface area contributed by atoms with Crippen molar-refractivity contribution in [2.75, 3.05) is 119 Å².